The maximum absolute atomic E-state index is 6.68. The van der Waals surface area contributed by atoms with Crippen molar-refractivity contribution in [3.05, 3.63) is 119 Å². The van der Waals surface area contributed by atoms with E-state index in [-0.39, 0.29) is 6.04 Å². The van der Waals surface area contributed by atoms with Crippen molar-refractivity contribution in [1.29, 1.82) is 0 Å². The Hall–Kier alpha value is -2.89. The van der Waals surface area contributed by atoms with Crippen LogP contribution in [0.15, 0.2) is 95.5 Å². The fourth-order valence-electron chi connectivity index (χ4n) is 4.03. The molecule has 31 heavy (non-hydrogen) atoms. The number of aromatic nitrogens is 2. The Morgan fingerprint density at radius 3 is 1.52 bits per heavy atom. The molecule has 0 spiro atoms. The second-order valence-electron chi connectivity index (χ2n) is 8.07. The van der Waals surface area contributed by atoms with Crippen LogP contribution in [0.5, 0.6) is 0 Å². The lowest BCUT2D eigenvalue weighted by Gasteiger charge is -2.42. The van der Waals surface area contributed by atoms with E-state index in [0.29, 0.717) is 11.7 Å². The van der Waals surface area contributed by atoms with E-state index in [1.807, 2.05) is 6.92 Å². The quantitative estimate of drug-likeness (QED) is 0.365. The van der Waals surface area contributed by atoms with Gasteiger partial charge in [-0.1, -0.05) is 96.2 Å². The van der Waals surface area contributed by atoms with E-state index in [1.165, 1.54) is 16.7 Å². The van der Waals surface area contributed by atoms with Crippen molar-refractivity contribution in [3.8, 4) is 0 Å². The predicted molar refractivity (Wildman–Crippen MR) is 129 cm³/mol. The van der Waals surface area contributed by atoms with Crippen molar-refractivity contribution in [2.24, 2.45) is 5.73 Å². The summed E-state index contributed by atoms with van der Waals surface area (Å²) in [6, 6.07) is 32.0. The van der Waals surface area contributed by atoms with Crippen molar-refractivity contribution in [2.45, 2.75) is 30.2 Å². The van der Waals surface area contributed by atoms with Crippen molar-refractivity contribution < 1.29 is 4.52 Å². The second kappa shape index (κ2) is 9.94. The summed E-state index contributed by atoms with van der Waals surface area (Å²) in [5.41, 5.74) is 10.7. The highest BCUT2D eigenvalue weighted by atomic mass is 32.3. The summed E-state index contributed by atoms with van der Waals surface area (Å²) in [7, 11) is -1.25. The van der Waals surface area contributed by atoms with Crippen molar-refractivity contribution in [2.75, 3.05) is 5.75 Å². The number of nitrogens with two attached hydrogens (primary N) is 1. The number of nitrogens with zero attached hydrogens (tertiary/aromatic N) is 2. The summed E-state index contributed by atoms with van der Waals surface area (Å²) in [6.45, 7) is 1.83. The molecule has 5 heteroatoms. The Bertz CT molecular complexity index is 966. The van der Waals surface area contributed by atoms with Gasteiger partial charge in [0, 0.05) is 23.0 Å². The minimum Gasteiger partial charge on any atom is -0.338 e. The van der Waals surface area contributed by atoms with Crippen molar-refractivity contribution in [1.82, 2.24) is 10.1 Å². The largest absolute Gasteiger partial charge is 0.338 e. The molecule has 4 rings (SSSR count). The molecular weight excluding hydrogens is 402 g/mol. The lowest BCUT2D eigenvalue weighted by molar-refractivity contribution is 0.359. The fraction of sp³-hybridized carbons (Fsp3) is 0.231. The van der Waals surface area contributed by atoms with Gasteiger partial charge in [0.15, 0.2) is 5.82 Å². The molecule has 0 saturated heterocycles. The Balaban J connectivity index is 1.73. The summed E-state index contributed by atoms with van der Waals surface area (Å²) in [4.78, 5) is 4.43. The topological polar surface area (TPSA) is 64.9 Å². The maximum atomic E-state index is 6.68. The van der Waals surface area contributed by atoms with Gasteiger partial charge >= 0.3 is 0 Å². The molecule has 0 radical (unpaired) electrons. The Kier molecular flexibility index (Phi) is 6.85. The number of rotatable bonds is 9. The first kappa shape index (κ1) is 21.3. The van der Waals surface area contributed by atoms with Gasteiger partial charge in [-0.15, -0.1) is 0 Å². The number of hydrogen-bond acceptors (Lipinski definition) is 4. The van der Waals surface area contributed by atoms with E-state index in [1.54, 1.807) is 0 Å². The summed E-state index contributed by atoms with van der Waals surface area (Å²) < 4.78 is 5.45. The van der Waals surface area contributed by atoms with Gasteiger partial charge < -0.3 is 10.3 Å². The van der Waals surface area contributed by atoms with Crippen LogP contribution >= 0.6 is 10.0 Å². The Morgan fingerprint density at radius 2 is 1.16 bits per heavy atom. The second-order valence-corrected chi connectivity index (χ2v) is 11.7. The Morgan fingerprint density at radius 1 is 0.742 bits per heavy atom. The van der Waals surface area contributed by atoms with Crippen LogP contribution in [0.25, 0.3) is 0 Å². The predicted octanol–water partition coefficient (Wildman–Crippen LogP) is 5.78. The molecular formula is C26H29N3OS. The van der Waals surface area contributed by atoms with Gasteiger partial charge in [-0.25, -0.2) is 10.0 Å². The van der Waals surface area contributed by atoms with E-state index in [4.69, 9.17) is 10.3 Å². The highest BCUT2D eigenvalue weighted by molar-refractivity contribution is 8.31. The zero-order valence-electron chi connectivity index (χ0n) is 17.9. The first-order valence-corrected chi connectivity index (χ1v) is 12.8. The molecule has 0 aliphatic heterocycles. The van der Waals surface area contributed by atoms with Crippen LogP contribution in [0.1, 0.15) is 34.4 Å². The average molecular weight is 432 g/mol. The average Bonchev–Trinajstić information content (AvgIpc) is 3.22. The molecule has 0 aliphatic rings. The van der Waals surface area contributed by atoms with Gasteiger partial charge in [-0.3, -0.25) is 0 Å². The third kappa shape index (κ3) is 5.84. The zero-order chi connectivity index (χ0) is 21.5. The molecule has 4 nitrogen and oxygen atoms in total. The summed E-state index contributed by atoms with van der Waals surface area (Å²) >= 11 is 0. The van der Waals surface area contributed by atoms with Gasteiger partial charge in [-0.05, 0) is 23.6 Å². The third-order valence-electron chi connectivity index (χ3n) is 5.34. The van der Waals surface area contributed by atoms with Gasteiger partial charge in [0.2, 0.25) is 5.89 Å². The first-order valence-electron chi connectivity index (χ1n) is 10.5. The molecule has 1 heterocycles. The summed E-state index contributed by atoms with van der Waals surface area (Å²) in [6.07, 6.45) is 0. The fourth-order valence-corrected chi connectivity index (χ4v) is 8.29. The molecule has 0 unspecified atom stereocenters. The molecule has 2 N–H and O–H groups in total. The lowest BCUT2D eigenvalue weighted by Crippen LogP contribution is -2.24. The van der Waals surface area contributed by atoms with Crippen LogP contribution in [-0.4, -0.2) is 15.9 Å². The monoisotopic (exact) mass is 431 g/mol. The molecule has 4 aromatic rings. The molecule has 0 aliphatic carbocycles. The Labute approximate surface area is 185 Å². The summed E-state index contributed by atoms with van der Waals surface area (Å²) in [5, 5.41) is 3.96. The highest BCUT2D eigenvalue weighted by Crippen LogP contribution is 2.58. The van der Waals surface area contributed by atoms with Crippen LogP contribution in [-0.2, 0) is 17.3 Å². The molecule has 3 aromatic carbocycles. The lowest BCUT2D eigenvalue weighted by atomic mass is 10.2. The van der Waals surface area contributed by atoms with Gasteiger partial charge in [0.05, 0.1) is 6.04 Å². The van der Waals surface area contributed by atoms with E-state index in [9.17, 15) is 0 Å². The third-order valence-corrected chi connectivity index (χ3v) is 9.24. The summed E-state index contributed by atoms with van der Waals surface area (Å²) in [5.74, 6) is 4.98. The number of hydrogen-bond donors (Lipinski definition) is 1. The normalized spacial score (nSPS) is 13.1. The SMILES string of the molecule is Cc1noc([C@@H](N)CS(Cc2ccccc2)(Cc2ccccc2)Cc2ccccc2)n1. The first-order chi connectivity index (χ1) is 15.1. The number of aryl methyl sites for hydroxylation is 1. The standard InChI is InChI=1S/C26H29N3OS/c1-21-28-26(30-29-21)25(27)20-31(17-22-11-5-2-6-12-22,18-23-13-7-3-8-14-23)19-24-15-9-4-10-16-24/h2-16,25H,17-20,27H2,1H3/t25-/m0/s1. The molecule has 1 atom stereocenters. The van der Waals surface area contributed by atoms with Crippen LogP contribution < -0.4 is 5.73 Å². The van der Waals surface area contributed by atoms with E-state index in [2.05, 4.69) is 101 Å². The van der Waals surface area contributed by atoms with E-state index in [0.717, 1.165) is 23.0 Å². The highest BCUT2D eigenvalue weighted by Gasteiger charge is 2.30. The van der Waals surface area contributed by atoms with Crippen molar-refractivity contribution >= 4 is 10.0 Å². The minimum atomic E-state index is -1.25. The van der Waals surface area contributed by atoms with Crippen LogP contribution in [0, 0.1) is 6.92 Å². The smallest absolute Gasteiger partial charge is 0.244 e. The zero-order valence-corrected chi connectivity index (χ0v) is 18.7. The molecule has 0 bridgehead atoms. The minimum absolute atomic E-state index is 0.285. The van der Waals surface area contributed by atoms with Crippen LogP contribution in [0.4, 0.5) is 0 Å². The van der Waals surface area contributed by atoms with Crippen LogP contribution in [0.2, 0.25) is 0 Å². The van der Waals surface area contributed by atoms with Gasteiger partial charge in [-0.2, -0.15) is 4.98 Å². The van der Waals surface area contributed by atoms with Crippen molar-refractivity contribution in [3.63, 3.8) is 0 Å². The van der Waals surface area contributed by atoms with Crippen LogP contribution in [0.3, 0.4) is 0 Å². The van der Waals surface area contributed by atoms with Gasteiger partial charge in [0.1, 0.15) is 0 Å². The maximum Gasteiger partial charge on any atom is 0.244 e. The molecule has 0 fully saturated rings. The van der Waals surface area contributed by atoms with E-state index >= 15 is 0 Å². The van der Waals surface area contributed by atoms with Gasteiger partial charge in [0.25, 0.3) is 0 Å². The number of benzene rings is 3. The molecule has 1 aromatic heterocycles. The molecule has 0 saturated carbocycles. The van der Waals surface area contributed by atoms with E-state index < -0.39 is 10.0 Å². The molecule has 0 amide bonds. The molecule has 160 valence electrons.